The summed E-state index contributed by atoms with van der Waals surface area (Å²) in [5.74, 6) is 1.60. The molecule has 2 fully saturated rings. The highest BCUT2D eigenvalue weighted by Gasteiger charge is 2.26. The van der Waals surface area contributed by atoms with Gasteiger partial charge in [-0.15, -0.1) is 24.0 Å². The fraction of sp³-hybridized carbons (Fsp3) is 0.696. The van der Waals surface area contributed by atoms with Crippen molar-refractivity contribution in [2.45, 2.75) is 76.3 Å². The first-order valence-electron chi connectivity index (χ1n) is 11.3. The van der Waals surface area contributed by atoms with Gasteiger partial charge in [-0.25, -0.2) is 0 Å². The number of guanidine groups is 1. The van der Waals surface area contributed by atoms with E-state index in [2.05, 4.69) is 44.8 Å². The summed E-state index contributed by atoms with van der Waals surface area (Å²) in [6.45, 7) is 6.32. The van der Waals surface area contributed by atoms with Crippen LogP contribution < -0.4 is 10.6 Å². The number of nitrogens with one attached hydrogen (secondary N) is 2. The van der Waals surface area contributed by atoms with Crippen LogP contribution in [0.3, 0.4) is 0 Å². The molecule has 30 heavy (non-hydrogen) atoms. The third-order valence-corrected chi connectivity index (χ3v) is 7.93. The predicted octanol–water partition coefficient (Wildman–Crippen LogP) is 4.04. The molecule has 5 nitrogen and oxygen atoms in total. The molecule has 1 saturated carbocycles. The molecule has 0 aromatic heterocycles. The van der Waals surface area contributed by atoms with E-state index in [-0.39, 0.29) is 24.0 Å². The van der Waals surface area contributed by atoms with Crippen LogP contribution in [0.25, 0.3) is 0 Å². The molecular formula is C23H39IN4OS. The first-order valence-corrected chi connectivity index (χ1v) is 12.7. The Balaban J connectivity index is 0.00000320. The van der Waals surface area contributed by atoms with Gasteiger partial charge in [-0.05, 0) is 56.3 Å². The van der Waals surface area contributed by atoms with Crippen molar-refractivity contribution >= 4 is 40.7 Å². The molecule has 1 heterocycles. The maximum Gasteiger partial charge on any atom is 0.191 e. The molecule has 0 radical (unpaired) electrons. The van der Waals surface area contributed by atoms with Gasteiger partial charge in [0, 0.05) is 48.0 Å². The van der Waals surface area contributed by atoms with Crippen molar-refractivity contribution in [3.8, 4) is 0 Å². The third-order valence-electron chi connectivity index (χ3n) is 6.18. The molecular weight excluding hydrogens is 507 g/mol. The summed E-state index contributed by atoms with van der Waals surface area (Å²) in [7, 11) is 1.13. The second-order valence-corrected chi connectivity index (χ2v) is 10.4. The minimum Gasteiger partial charge on any atom is -0.354 e. The van der Waals surface area contributed by atoms with Gasteiger partial charge >= 0.3 is 0 Å². The Morgan fingerprint density at radius 3 is 2.47 bits per heavy atom. The molecule has 3 atom stereocenters. The van der Waals surface area contributed by atoms with Crippen molar-refractivity contribution in [2.24, 2.45) is 4.99 Å². The zero-order valence-electron chi connectivity index (χ0n) is 18.6. The van der Waals surface area contributed by atoms with Gasteiger partial charge < -0.3 is 10.6 Å². The fourth-order valence-electron chi connectivity index (χ4n) is 4.46. The van der Waals surface area contributed by atoms with Gasteiger partial charge in [0.1, 0.15) is 0 Å². The number of benzene rings is 1. The second kappa shape index (κ2) is 13.7. The van der Waals surface area contributed by atoms with Crippen molar-refractivity contribution in [1.29, 1.82) is 0 Å². The maximum atomic E-state index is 12.2. The molecule has 1 aliphatic heterocycles. The largest absolute Gasteiger partial charge is 0.354 e. The lowest BCUT2D eigenvalue weighted by molar-refractivity contribution is 0.221. The highest BCUT2D eigenvalue weighted by atomic mass is 127. The van der Waals surface area contributed by atoms with E-state index in [4.69, 9.17) is 0 Å². The van der Waals surface area contributed by atoms with Gasteiger partial charge in [0.25, 0.3) is 0 Å². The van der Waals surface area contributed by atoms with Crippen LogP contribution in [0, 0.1) is 0 Å². The number of halogens is 1. The SMILES string of the molecule is CCS(=O)C1CCCC(NC(=NC)NCc2ccc(CN3CCCCC3)cc2)C1.I. The van der Waals surface area contributed by atoms with E-state index in [1.165, 1.54) is 43.5 Å². The molecule has 1 aromatic rings. The van der Waals surface area contributed by atoms with Crippen molar-refractivity contribution in [3.63, 3.8) is 0 Å². The minimum atomic E-state index is -0.694. The maximum absolute atomic E-state index is 12.2. The number of hydrogen-bond acceptors (Lipinski definition) is 3. The van der Waals surface area contributed by atoms with E-state index in [0.717, 1.165) is 50.5 Å². The Hall–Kier alpha value is -0.670. The van der Waals surface area contributed by atoms with E-state index < -0.39 is 10.8 Å². The summed E-state index contributed by atoms with van der Waals surface area (Å²) < 4.78 is 12.2. The van der Waals surface area contributed by atoms with E-state index >= 15 is 0 Å². The Kier molecular flexibility index (Phi) is 11.7. The predicted molar refractivity (Wildman–Crippen MR) is 139 cm³/mol. The van der Waals surface area contributed by atoms with E-state index in [1.807, 2.05) is 14.0 Å². The lowest BCUT2D eigenvalue weighted by Crippen LogP contribution is -2.46. The zero-order valence-corrected chi connectivity index (χ0v) is 21.7. The molecule has 0 spiro atoms. The number of aliphatic imine (C=N–C) groups is 1. The van der Waals surface area contributed by atoms with E-state index in [9.17, 15) is 4.21 Å². The lowest BCUT2D eigenvalue weighted by atomic mass is 9.95. The van der Waals surface area contributed by atoms with E-state index in [0.29, 0.717) is 11.3 Å². The number of nitrogens with zero attached hydrogens (tertiary/aromatic N) is 2. The van der Waals surface area contributed by atoms with Gasteiger partial charge in [-0.2, -0.15) is 0 Å². The molecule has 7 heteroatoms. The first kappa shape index (κ1) is 25.6. The number of hydrogen-bond donors (Lipinski definition) is 2. The van der Waals surface area contributed by atoms with Gasteiger partial charge in [0.05, 0.1) is 0 Å². The van der Waals surface area contributed by atoms with Crippen LogP contribution in [0.5, 0.6) is 0 Å². The summed E-state index contributed by atoms with van der Waals surface area (Å²) in [4.78, 5) is 6.96. The van der Waals surface area contributed by atoms with Gasteiger partial charge in [0.2, 0.25) is 0 Å². The summed E-state index contributed by atoms with van der Waals surface area (Å²) in [6.07, 6.45) is 8.40. The highest BCUT2D eigenvalue weighted by Crippen LogP contribution is 2.23. The number of piperidine rings is 1. The Labute approximate surface area is 202 Å². The standard InChI is InChI=1S/C23H38N4OS.HI/c1-3-29(28)22-9-7-8-21(16-22)26-23(24-2)25-17-19-10-12-20(13-11-19)18-27-14-5-4-6-15-27;/h10-13,21-22H,3-9,14-18H2,1-2H3,(H2,24,25,26);1H. The summed E-state index contributed by atoms with van der Waals surface area (Å²) in [5.41, 5.74) is 2.67. The molecule has 3 rings (SSSR count). The third kappa shape index (κ3) is 8.11. The van der Waals surface area contributed by atoms with Gasteiger partial charge in [-0.1, -0.05) is 44.0 Å². The van der Waals surface area contributed by atoms with E-state index in [1.54, 1.807) is 0 Å². The van der Waals surface area contributed by atoms with Crippen LogP contribution >= 0.6 is 24.0 Å². The Morgan fingerprint density at radius 1 is 1.10 bits per heavy atom. The number of rotatable bonds is 7. The first-order chi connectivity index (χ1) is 14.2. The quantitative estimate of drug-likeness (QED) is 0.308. The van der Waals surface area contributed by atoms with Crippen LogP contribution in [0.2, 0.25) is 0 Å². The second-order valence-electron chi connectivity index (χ2n) is 8.38. The molecule has 1 aromatic carbocycles. The summed E-state index contributed by atoms with van der Waals surface area (Å²) in [6, 6.07) is 9.32. The smallest absolute Gasteiger partial charge is 0.191 e. The number of likely N-dealkylation sites (tertiary alicyclic amines) is 1. The lowest BCUT2D eigenvalue weighted by Gasteiger charge is -2.30. The molecule has 0 bridgehead atoms. The Morgan fingerprint density at radius 2 is 1.80 bits per heavy atom. The van der Waals surface area contributed by atoms with Crippen molar-refractivity contribution in [1.82, 2.24) is 15.5 Å². The van der Waals surface area contributed by atoms with Gasteiger partial charge in [0.15, 0.2) is 5.96 Å². The highest BCUT2D eigenvalue weighted by molar-refractivity contribution is 14.0. The van der Waals surface area contributed by atoms with Crippen LogP contribution in [0.1, 0.15) is 63.0 Å². The van der Waals surface area contributed by atoms with Crippen molar-refractivity contribution in [2.75, 3.05) is 25.9 Å². The van der Waals surface area contributed by atoms with Crippen LogP contribution in [0.4, 0.5) is 0 Å². The van der Waals surface area contributed by atoms with Crippen LogP contribution in [-0.4, -0.2) is 52.3 Å². The average Bonchev–Trinajstić information content (AvgIpc) is 2.78. The molecule has 2 N–H and O–H groups in total. The normalized spacial score (nSPS) is 24.0. The molecule has 1 aliphatic carbocycles. The average molecular weight is 547 g/mol. The Bertz CT molecular complexity index is 676. The summed E-state index contributed by atoms with van der Waals surface area (Å²) >= 11 is 0. The summed E-state index contributed by atoms with van der Waals surface area (Å²) in [5, 5.41) is 7.32. The van der Waals surface area contributed by atoms with Crippen LogP contribution in [-0.2, 0) is 23.9 Å². The van der Waals surface area contributed by atoms with Gasteiger partial charge in [-0.3, -0.25) is 14.1 Å². The minimum absolute atomic E-state index is 0. The van der Waals surface area contributed by atoms with Crippen LogP contribution in [0.15, 0.2) is 29.3 Å². The topological polar surface area (TPSA) is 56.7 Å². The van der Waals surface area contributed by atoms with Crippen molar-refractivity contribution in [3.05, 3.63) is 35.4 Å². The monoisotopic (exact) mass is 546 g/mol. The molecule has 0 amide bonds. The molecule has 2 aliphatic rings. The van der Waals surface area contributed by atoms with Crippen molar-refractivity contribution < 1.29 is 4.21 Å². The fourth-order valence-corrected chi connectivity index (χ4v) is 5.81. The molecule has 1 saturated heterocycles. The zero-order chi connectivity index (χ0) is 20.5. The molecule has 170 valence electrons. The molecule has 3 unspecified atom stereocenters.